The zero-order valence-corrected chi connectivity index (χ0v) is 9.55. The molecule has 0 bridgehead atoms. The topological polar surface area (TPSA) is 33.3 Å². The van der Waals surface area contributed by atoms with Gasteiger partial charge in [0.25, 0.3) is 0 Å². The fraction of sp³-hybridized carbons (Fsp3) is 0.500. The molecule has 0 aliphatic carbocycles. The molecule has 0 aromatic heterocycles. The molecule has 0 atom stereocenters. The number of hydrogen-bond acceptors (Lipinski definition) is 3. The van der Waals surface area contributed by atoms with Gasteiger partial charge in [0, 0.05) is 18.3 Å². The molecule has 0 aliphatic heterocycles. The molecule has 0 amide bonds. The third-order valence-electron chi connectivity index (χ3n) is 2.25. The van der Waals surface area contributed by atoms with Crippen LogP contribution in [0.3, 0.4) is 0 Å². The second-order valence-corrected chi connectivity index (χ2v) is 3.47. The van der Waals surface area contributed by atoms with E-state index in [2.05, 4.69) is 16.7 Å². The molecule has 84 valence electrons. The van der Waals surface area contributed by atoms with Crippen molar-refractivity contribution in [1.29, 1.82) is 0 Å². The zero-order valence-electron chi connectivity index (χ0n) is 9.55. The standard InChI is InChI=1S/C12H20N2O/c1-13-8-3-4-9-14-11-6-5-7-12(10-11)15-2/h5-7,10,13-14H,3-4,8-9H2,1-2H3. The van der Waals surface area contributed by atoms with Crippen molar-refractivity contribution in [2.75, 3.05) is 32.6 Å². The molecule has 0 unspecified atom stereocenters. The fourth-order valence-corrected chi connectivity index (χ4v) is 1.39. The summed E-state index contributed by atoms with van der Waals surface area (Å²) in [6.07, 6.45) is 2.38. The number of hydrogen-bond donors (Lipinski definition) is 2. The Morgan fingerprint density at radius 3 is 2.73 bits per heavy atom. The highest BCUT2D eigenvalue weighted by atomic mass is 16.5. The van der Waals surface area contributed by atoms with Crippen LogP contribution in [0.15, 0.2) is 24.3 Å². The molecule has 0 radical (unpaired) electrons. The molecular weight excluding hydrogens is 188 g/mol. The molecule has 3 nitrogen and oxygen atoms in total. The Kier molecular flexibility index (Phi) is 5.63. The highest BCUT2D eigenvalue weighted by Crippen LogP contribution is 2.16. The van der Waals surface area contributed by atoms with E-state index in [1.165, 1.54) is 12.8 Å². The second-order valence-electron chi connectivity index (χ2n) is 3.47. The first-order chi connectivity index (χ1) is 7.36. The van der Waals surface area contributed by atoms with Gasteiger partial charge >= 0.3 is 0 Å². The molecule has 0 fully saturated rings. The van der Waals surface area contributed by atoms with E-state index in [4.69, 9.17) is 4.74 Å². The molecule has 3 heteroatoms. The summed E-state index contributed by atoms with van der Waals surface area (Å²) in [7, 11) is 3.67. The van der Waals surface area contributed by atoms with E-state index in [9.17, 15) is 0 Å². The highest BCUT2D eigenvalue weighted by molar-refractivity contribution is 5.47. The quantitative estimate of drug-likeness (QED) is 0.673. The van der Waals surface area contributed by atoms with Crippen molar-refractivity contribution in [3.63, 3.8) is 0 Å². The van der Waals surface area contributed by atoms with Crippen LogP contribution in [0, 0.1) is 0 Å². The van der Waals surface area contributed by atoms with Crippen LogP contribution in [-0.4, -0.2) is 27.2 Å². The van der Waals surface area contributed by atoms with Crippen molar-refractivity contribution >= 4 is 5.69 Å². The van der Waals surface area contributed by atoms with Gasteiger partial charge in [0.15, 0.2) is 0 Å². The third kappa shape index (κ3) is 4.70. The van der Waals surface area contributed by atoms with Gasteiger partial charge in [-0.2, -0.15) is 0 Å². The van der Waals surface area contributed by atoms with E-state index in [0.717, 1.165) is 24.5 Å². The summed E-state index contributed by atoms with van der Waals surface area (Å²) in [5, 5.41) is 6.51. The molecule has 1 rings (SSSR count). The van der Waals surface area contributed by atoms with Gasteiger partial charge in [-0.15, -0.1) is 0 Å². The molecule has 1 aromatic rings. The van der Waals surface area contributed by atoms with Crippen molar-refractivity contribution in [1.82, 2.24) is 5.32 Å². The Balaban J connectivity index is 2.24. The molecule has 0 saturated carbocycles. The van der Waals surface area contributed by atoms with Crippen LogP contribution in [0.4, 0.5) is 5.69 Å². The van der Waals surface area contributed by atoms with Gasteiger partial charge in [-0.1, -0.05) is 6.07 Å². The van der Waals surface area contributed by atoms with Gasteiger partial charge in [0.2, 0.25) is 0 Å². The first kappa shape index (κ1) is 11.9. The first-order valence-corrected chi connectivity index (χ1v) is 5.39. The zero-order chi connectivity index (χ0) is 10.9. The van der Waals surface area contributed by atoms with Crippen LogP contribution in [-0.2, 0) is 0 Å². The minimum absolute atomic E-state index is 0.898. The average molecular weight is 208 g/mol. The van der Waals surface area contributed by atoms with Crippen LogP contribution >= 0.6 is 0 Å². The van der Waals surface area contributed by atoms with Gasteiger partial charge in [-0.05, 0) is 38.6 Å². The van der Waals surface area contributed by atoms with Gasteiger partial charge in [0.05, 0.1) is 7.11 Å². The SMILES string of the molecule is CNCCCCNc1cccc(OC)c1. The summed E-state index contributed by atoms with van der Waals surface area (Å²) in [6.45, 7) is 2.09. The monoisotopic (exact) mass is 208 g/mol. The number of unbranched alkanes of at least 4 members (excludes halogenated alkanes) is 1. The number of anilines is 1. The smallest absolute Gasteiger partial charge is 0.120 e. The first-order valence-electron chi connectivity index (χ1n) is 5.39. The number of nitrogens with one attached hydrogen (secondary N) is 2. The molecule has 0 heterocycles. The number of methoxy groups -OCH3 is 1. The van der Waals surface area contributed by atoms with Crippen LogP contribution in [0.2, 0.25) is 0 Å². The fourth-order valence-electron chi connectivity index (χ4n) is 1.39. The Labute approximate surface area is 91.8 Å². The normalized spacial score (nSPS) is 10.0. The van der Waals surface area contributed by atoms with Crippen molar-refractivity contribution in [2.45, 2.75) is 12.8 Å². The third-order valence-corrected chi connectivity index (χ3v) is 2.25. The summed E-state index contributed by atoms with van der Waals surface area (Å²) in [4.78, 5) is 0. The van der Waals surface area contributed by atoms with Crippen LogP contribution in [0.1, 0.15) is 12.8 Å². The predicted molar refractivity (Wildman–Crippen MR) is 64.6 cm³/mol. The molecule has 0 spiro atoms. The van der Waals surface area contributed by atoms with Gasteiger partial charge < -0.3 is 15.4 Å². The highest BCUT2D eigenvalue weighted by Gasteiger charge is 1.94. The van der Waals surface area contributed by atoms with Crippen molar-refractivity contribution < 1.29 is 4.74 Å². The number of benzene rings is 1. The van der Waals surface area contributed by atoms with E-state index in [1.54, 1.807) is 7.11 Å². The van der Waals surface area contributed by atoms with Gasteiger partial charge in [-0.3, -0.25) is 0 Å². The Morgan fingerprint density at radius 1 is 1.20 bits per heavy atom. The largest absolute Gasteiger partial charge is 0.497 e. The van der Waals surface area contributed by atoms with Gasteiger partial charge in [0.1, 0.15) is 5.75 Å². The summed E-state index contributed by atoms with van der Waals surface area (Å²) < 4.78 is 5.15. The Hall–Kier alpha value is -1.22. The second kappa shape index (κ2) is 7.12. The van der Waals surface area contributed by atoms with Gasteiger partial charge in [-0.25, -0.2) is 0 Å². The maximum atomic E-state index is 5.15. The van der Waals surface area contributed by atoms with E-state index >= 15 is 0 Å². The minimum atomic E-state index is 0.898. The van der Waals surface area contributed by atoms with Crippen LogP contribution < -0.4 is 15.4 Å². The molecule has 0 aliphatic rings. The lowest BCUT2D eigenvalue weighted by molar-refractivity contribution is 0.415. The lowest BCUT2D eigenvalue weighted by Gasteiger charge is -2.07. The lowest BCUT2D eigenvalue weighted by atomic mass is 10.2. The minimum Gasteiger partial charge on any atom is -0.497 e. The molecule has 2 N–H and O–H groups in total. The van der Waals surface area contributed by atoms with Crippen LogP contribution in [0.25, 0.3) is 0 Å². The Bertz CT molecular complexity index is 276. The molecule has 0 saturated heterocycles. The summed E-state index contributed by atoms with van der Waals surface area (Å²) in [5.41, 5.74) is 1.12. The maximum absolute atomic E-state index is 5.15. The Morgan fingerprint density at radius 2 is 2.00 bits per heavy atom. The summed E-state index contributed by atoms with van der Waals surface area (Å²) >= 11 is 0. The van der Waals surface area contributed by atoms with E-state index < -0.39 is 0 Å². The maximum Gasteiger partial charge on any atom is 0.120 e. The predicted octanol–water partition coefficient (Wildman–Crippen LogP) is 2.11. The molecular formula is C12H20N2O. The average Bonchev–Trinajstić information content (AvgIpc) is 2.29. The molecule has 1 aromatic carbocycles. The van der Waals surface area contributed by atoms with Crippen molar-refractivity contribution in [3.05, 3.63) is 24.3 Å². The lowest BCUT2D eigenvalue weighted by Crippen LogP contribution is -2.10. The van der Waals surface area contributed by atoms with E-state index in [-0.39, 0.29) is 0 Å². The van der Waals surface area contributed by atoms with Crippen LogP contribution in [0.5, 0.6) is 5.75 Å². The summed E-state index contributed by atoms with van der Waals surface area (Å²) in [6, 6.07) is 8.01. The van der Waals surface area contributed by atoms with Crippen molar-refractivity contribution in [3.8, 4) is 5.75 Å². The van der Waals surface area contributed by atoms with E-state index in [1.807, 2.05) is 25.2 Å². The molecule has 15 heavy (non-hydrogen) atoms. The number of ether oxygens (including phenoxy) is 1. The van der Waals surface area contributed by atoms with Crippen molar-refractivity contribution in [2.24, 2.45) is 0 Å². The number of rotatable bonds is 7. The summed E-state index contributed by atoms with van der Waals surface area (Å²) in [5.74, 6) is 0.898. The van der Waals surface area contributed by atoms with E-state index in [0.29, 0.717) is 0 Å².